The normalized spacial score (nSPS) is 19.5. The van der Waals surface area contributed by atoms with Crippen molar-refractivity contribution < 1.29 is 9.59 Å². The monoisotopic (exact) mass is 349 g/mol. The molecule has 0 bridgehead atoms. The van der Waals surface area contributed by atoms with Crippen molar-refractivity contribution in [3.63, 3.8) is 0 Å². The van der Waals surface area contributed by atoms with Crippen LogP contribution in [0.25, 0.3) is 0 Å². The number of amides is 1. The van der Waals surface area contributed by atoms with Gasteiger partial charge >= 0.3 is 0 Å². The van der Waals surface area contributed by atoms with Crippen LogP contribution < -0.4 is 0 Å². The molecule has 0 aliphatic carbocycles. The molecule has 26 heavy (non-hydrogen) atoms. The zero-order valence-electron chi connectivity index (χ0n) is 14.8. The smallest absolute Gasteiger partial charge is 0.223 e. The summed E-state index contributed by atoms with van der Waals surface area (Å²) in [6.07, 6.45) is 4.79. The molecule has 4 rings (SSSR count). The minimum Gasteiger partial charge on any atom is -0.339 e. The molecule has 0 N–H and O–H groups in total. The highest BCUT2D eigenvalue weighted by atomic mass is 16.2. The molecule has 2 aliphatic rings. The topological polar surface area (TPSA) is 53.5 Å². The average molecular weight is 349 g/mol. The molecule has 0 spiro atoms. The summed E-state index contributed by atoms with van der Waals surface area (Å²) < 4.78 is 0. The number of hydrogen-bond donors (Lipinski definition) is 0. The minimum absolute atomic E-state index is 0.0203. The van der Waals surface area contributed by atoms with Gasteiger partial charge in [0.05, 0.1) is 6.04 Å². The van der Waals surface area contributed by atoms with Gasteiger partial charge in [-0.1, -0.05) is 24.3 Å². The number of carbonyl (C=O) groups is 2. The molecule has 5 nitrogen and oxygen atoms in total. The predicted molar refractivity (Wildman–Crippen MR) is 98.8 cm³/mol. The number of rotatable bonds is 4. The largest absolute Gasteiger partial charge is 0.339 e. The van der Waals surface area contributed by atoms with Crippen molar-refractivity contribution in [2.75, 3.05) is 26.2 Å². The van der Waals surface area contributed by atoms with Gasteiger partial charge in [0, 0.05) is 57.0 Å². The van der Waals surface area contributed by atoms with Crippen molar-refractivity contribution in [2.24, 2.45) is 0 Å². The number of benzene rings is 1. The molecule has 2 aromatic rings. The molecule has 1 saturated heterocycles. The van der Waals surface area contributed by atoms with Gasteiger partial charge in [0.1, 0.15) is 0 Å². The third-order valence-corrected chi connectivity index (χ3v) is 5.48. The summed E-state index contributed by atoms with van der Waals surface area (Å²) in [6, 6.07) is 12.3. The Bertz CT molecular complexity index is 806. The second kappa shape index (κ2) is 7.38. The van der Waals surface area contributed by atoms with E-state index >= 15 is 0 Å². The lowest BCUT2D eigenvalue weighted by atomic mass is 9.91. The summed E-state index contributed by atoms with van der Waals surface area (Å²) in [5.41, 5.74) is 3.32. The van der Waals surface area contributed by atoms with E-state index in [0.717, 1.165) is 32.6 Å². The van der Waals surface area contributed by atoms with Gasteiger partial charge in [-0.25, -0.2) is 0 Å². The van der Waals surface area contributed by atoms with Gasteiger partial charge in [0.25, 0.3) is 0 Å². The summed E-state index contributed by atoms with van der Waals surface area (Å²) in [6.45, 7) is 3.43. The Kier molecular flexibility index (Phi) is 4.80. The quantitative estimate of drug-likeness (QED) is 0.796. The second-order valence-electron chi connectivity index (χ2n) is 7.01. The molecular weight excluding hydrogens is 326 g/mol. The van der Waals surface area contributed by atoms with Gasteiger partial charge in [0.2, 0.25) is 5.91 Å². The lowest BCUT2D eigenvalue weighted by molar-refractivity contribution is -0.134. The molecule has 3 heterocycles. The SMILES string of the molecule is O=C(CCC(=O)N1CCN2CCc3ccccc3C2C1)c1cccnc1. The molecule has 2 aliphatic heterocycles. The van der Waals surface area contributed by atoms with Crippen LogP contribution in [0, 0.1) is 0 Å². The fourth-order valence-corrected chi connectivity index (χ4v) is 4.01. The standard InChI is InChI=1S/C21H23N3O2/c25-20(17-5-3-10-22-14-17)7-8-21(26)24-13-12-23-11-9-16-4-1-2-6-18(16)19(23)15-24/h1-6,10,14,19H,7-9,11-13,15H2. The van der Waals surface area contributed by atoms with Crippen LogP contribution >= 0.6 is 0 Å². The van der Waals surface area contributed by atoms with E-state index < -0.39 is 0 Å². The maximum absolute atomic E-state index is 12.7. The molecule has 1 unspecified atom stereocenters. The first-order chi connectivity index (χ1) is 12.7. The molecule has 0 radical (unpaired) electrons. The number of hydrogen-bond acceptors (Lipinski definition) is 4. The molecule has 134 valence electrons. The van der Waals surface area contributed by atoms with Crippen molar-refractivity contribution in [3.05, 3.63) is 65.5 Å². The van der Waals surface area contributed by atoms with Gasteiger partial charge in [-0.05, 0) is 29.7 Å². The number of fused-ring (bicyclic) bond motifs is 3. The molecule has 5 heteroatoms. The van der Waals surface area contributed by atoms with Crippen molar-refractivity contribution in [3.8, 4) is 0 Å². The van der Waals surface area contributed by atoms with Crippen LogP contribution in [0.3, 0.4) is 0 Å². The Morgan fingerprint density at radius 2 is 1.92 bits per heavy atom. The van der Waals surface area contributed by atoms with E-state index in [1.54, 1.807) is 24.5 Å². The maximum Gasteiger partial charge on any atom is 0.223 e. The number of Topliss-reactive ketones (excluding diaryl/α,β-unsaturated/α-hetero) is 1. The summed E-state index contributed by atoms with van der Waals surface area (Å²) >= 11 is 0. The zero-order valence-corrected chi connectivity index (χ0v) is 14.8. The zero-order chi connectivity index (χ0) is 17.9. The Morgan fingerprint density at radius 1 is 1.04 bits per heavy atom. The van der Waals surface area contributed by atoms with Crippen molar-refractivity contribution in [1.82, 2.24) is 14.8 Å². The van der Waals surface area contributed by atoms with E-state index in [9.17, 15) is 9.59 Å². The molecule has 1 amide bonds. The first-order valence-electron chi connectivity index (χ1n) is 9.25. The Labute approximate surface area is 153 Å². The summed E-state index contributed by atoms with van der Waals surface area (Å²) in [5, 5.41) is 0. The lowest BCUT2D eigenvalue weighted by Crippen LogP contribution is -2.52. The minimum atomic E-state index is -0.0203. The number of aromatic nitrogens is 1. The van der Waals surface area contributed by atoms with Crippen molar-refractivity contribution in [1.29, 1.82) is 0 Å². The molecule has 0 saturated carbocycles. The Morgan fingerprint density at radius 3 is 2.77 bits per heavy atom. The molecule has 1 atom stereocenters. The van der Waals surface area contributed by atoms with Crippen molar-refractivity contribution >= 4 is 11.7 Å². The van der Waals surface area contributed by atoms with Crippen molar-refractivity contribution in [2.45, 2.75) is 25.3 Å². The molecule has 1 fully saturated rings. The molecular formula is C21H23N3O2. The second-order valence-corrected chi connectivity index (χ2v) is 7.01. The fraction of sp³-hybridized carbons (Fsp3) is 0.381. The maximum atomic E-state index is 12.7. The third-order valence-electron chi connectivity index (χ3n) is 5.48. The Balaban J connectivity index is 1.39. The third kappa shape index (κ3) is 3.40. The van der Waals surface area contributed by atoms with E-state index in [4.69, 9.17) is 0 Å². The van der Waals surface area contributed by atoms with Gasteiger partial charge in [-0.2, -0.15) is 0 Å². The van der Waals surface area contributed by atoms with Gasteiger partial charge in [-0.15, -0.1) is 0 Å². The van der Waals surface area contributed by atoms with Crippen LogP contribution in [-0.2, 0) is 11.2 Å². The lowest BCUT2D eigenvalue weighted by Gasteiger charge is -2.45. The van der Waals surface area contributed by atoms with Crippen LogP contribution in [0.4, 0.5) is 0 Å². The van der Waals surface area contributed by atoms with E-state index in [1.165, 1.54) is 11.1 Å². The van der Waals surface area contributed by atoms with Crippen LogP contribution in [0.15, 0.2) is 48.8 Å². The van der Waals surface area contributed by atoms with Crippen LogP contribution in [0.5, 0.6) is 0 Å². The van der Waals surface area contributed by atoms with Crippen LogP contribution in [0.1, 0.15) is 40.4 Å². The molecule has 1 aromatic carbocycles. The van der Waals surface area contributed by atoms with Gasteiger partial charge in [-0.3, -0.25) is 19.5 Å². The summed E-state index contributed by atoms with van der Waals surface area (Å²) in [5.74, 6) is 0.0537. The fourth-order valence-electron chi connectivity index (χ4n) is 4.01. The highest BCUT2D eigenvalue weighted by Gasteiger charge is 2.33. The Hall–Kier alpha value is -2.53. The predicted octanol–water partition coefficient (Wildman–Crippen LogP) is 2.49. The number of piperazine rings is 1. The van der Waals surface area contributed by atoms with E-state index in [2.05, 4.69) is 34.1 Å². The number of pyridine rings is 1. The molecule has 1 aromatic heterocycles. The first kappa shape index (κ1) is 16.9. The highest BCUT2D eigenvalue weighted by molar-refractivity contribution is 5.97. The van der Waals surface area contributed by atoms with Gasteiger partial charge in [0.15, 0.2) is 5.78 Å². The summed E-state index contributed by atoms with van der Waals surface area (Å²) in [7, 11) is 0. The van der Waals surface area contributed by atoms with Crippen LogP contribution in [-0.4, -0.2) is 52.7 Å². The average Bonchev–Trinajstić information content (AvgIpc) is 2.72. The van der Waals surface area contributed by atoms with E-state index in [-0.39, 0.29) is 30.6 Å². The number of nitrogens with zero attached hydrogens (tertiary/aromatic N) is 3. The van der Waals surface area contributed by atoms with E-state index in [1.807, 2.05) is 4.90 Å². The van der Waals surface area contributed by atoms with Gasteiger partial charge < -0.3 is 4.90 Å². The number of ketones is 1. The highest BCUT2D eigenvalue weighted by Crippen LogP contribution is 2.32. The first-order valence-corrected chi connectivity index (χ1v) is 9.25. The number of carbonyl (C=O) groups excluding carboxylic acids is 2. The summed E-state index contributed by atoms with van der Waals surface area (Å²) in [4.78, 5) is 33.2. The van der Waals surface area contributed by atoms with E-state index in [0.29, 0.717) is 5.56 Å². The van der Waals surface area contributed by atoms with Crippen LogP contribution in [0.2, 0.25) is 0 Å².